The van der Waals surface area contributed by atoms with E-state index in [2.05, 4.69) is 5.92 Å². The smallest absolute Gasteiger partial charge is 0.117 e. The zero-order valence-corrected chi connectivity index (χ0v) is 6.13. The van der Waals surface area contributed by atoms with Crippen molar-refractivity contribution < 1.29 is 4.74 Å². The summed E-state index contributed by atoms with van der Waals surface area (Å²) in [5.74, 6) is 2.48. The Labute approximate surface area is 61.8 Å². The van der Waals surface area contributed by atoms with E-state index in [9.17, 15) is 0 Å². The summed E-state index contributed by atoms with van der Waals surface area (Å²) in [4.78, 5) is 0. The van der Waals surface area contributed by atoms with Gasteiger partial charge in [-0.2, -0.15) is 5.26 Å². The fourth-order valence-electron chi connectivity index (χ4n) is 0.531. The molecule has 2 nitrogen and oxygen atoms in total. The molecule has 54 valence electrons. The zero-order valence-electron chi connectivity index (χ0n) is 6.13. The fourth-order valence-corrected chi connectivity index (χ4v) is 0.531. The molecular weight excluding hydrogens is 126 g/mol. The molecule has 0 aromatic heterocycles. The van der Waals surface area contributed by atoms with Gasteiger partial charge in [-0.05, 0) is 6.42 Å². The quantitative estimate of drug-likeness (QED) is 0.432. The summed E-state index contributed by atoms with van der Waals surface area (Å²) >= 11 is 0. The Morgan fingerprint density at radius 2 is 2.40 bits per heavy atom. The van der Waals surface area contributed by atoms with Gasteiger partial charge in [0, 0.05) is 0 Å². The molecule has 0 heterocycles. The number of hydrogen-bond donors (Lipinski definition) is 0. The van der Waals surface area contributed by atoms with E-state index in [0.717, 1.165) is 6.42 Å². The van der Waals surface area contributed by atoms with Crippen molar-refractivity contribution in [3.8, 4) is 18.4 Å². The highest BCUT2D eigenvalue weighted by atomic mass is 16.5. The van der Waals surface area contributed by atoms with E-state index in [0.29, 0.717) is 13.0 Å². The van der Waals surface area contributed by atoms with E-state index in [1.807, 2.05) is 13.0 Å². The molecule has 0 amide bonds. The van der Waals surface area contributed by atoms with Crippen molar-refractivity contribution in [3.05, 3.63) is 0 Å². The van der Waals surface area contributed by atoms with Crippen LogP contribution in [0.2, 0.25) is 0 Å². The lowest BCUT2D eigenvalue weighted by molar-refractivity contribution is 0.0937. The summed E-state index contributed by atoms with van der Waals surface area (Å²) in [5.41, 5.74) is 0. The Morgan fingerprint density at radius 3 is 2.80 bits per heavy atom. The maximum absolute atomic E-state index is 8.14. The molecule has 0 spiro atoms. The average molecular weight is 137 g/mol. The Kier molecular flexibility index (Phi) is 5.53. The Bertz CT molecular complexity index is 152. The molecule has 10 heavy (non-hydrogen) atoms. The molecule has 0 rings (SSSR count). The van der Waals surface area contributed by atoms with Gasteiger partial charge in [0.1, 0.15) is 6.10 Å². The maximum atomic E-state index is 8.14. The fraction of sp³-hybridized carbons (Fsp3) is 0.625. The number of nitrogens with zero attached hydrogens (tertiary/aromatic N) is 1. The van der Waals surface area contributed by atoms with Crippen molar-refractivity contribution in [2.75, 3.05) is 6.61 Å². The van der Waals surface area contributed by atoms with E-state index >= 15 is 0 Å². The second-order valence-corrected chi connectivity index (χ2v) is 1.84. The normalized spacial score (nSPS) is 11.5. The van der Waals surface area contributed by atoms with E-state index in [-0.39, 0.29) is 6.10 Å². The minimum atomic E-state index is -0.117. The van der Waals surface area contributed by atoms with Crippen molar-refractivity contribution in [2.45, 2.75) is 25.9 Å². The molecule has 1 unspecified atom stereocenters. The van der Waals surface area contributed by atoms with Crippen molar-refractivity contribution >= 4 is 0 Å². The molecule has 0 aliphatic carbocycles. The molecule has 0 radical (unpaired) electrons. The molecule has 0 N–H and O–H groups in total. The van der Waals surface area contributed by atoms with Crippen LogP contribution in [-0.2, 0) is 4.74 Å². The van der Waals surface area contributed by atoms with Gasteiger partial charge in [0.05, 0.1) is 19.1 Å². The Hall–Kier alpha value is -0.990. The number of ether oxygens (including phenoxy) is 1. The third-order valence-electron chi connectivity index (χ3n) is 1.09. The number of rotatable bonds is 4. The van der Waals surface area contributed by atoms with Crippen LogP contribution in [0.5, 0.6) is 0 Å². The highest BCUT2D eigenvalue weighted by molar-refractivity contribution is 4.93. The predicted octanol–water partition coefficient (Wildman–Crippen LogP) is 1.33. The van der Waals surface area contributed by atoms with E-state index < -0.39 is 0 Å². The minimum Gasteiger partial charge on any atom is -0.364 e. The van der Waals surface area contributed by atoms with Gasteiger partial charge in [-0.1, -0.05) is 12.8 Å². The van der Waals surface area contributed by atoms with Gasteiger partial charge in [0.15, 0.2) is 0 Å². The lowest BCUT2D eigenvalue weighted by Gasteiger charge is -2.06. The SMILES string of the molecule is C#CC(CC)OCCC#N. The molecule has 0 aliphatic rings. The number of nitriles is 1. The maximum Gasteiger partial charge on any atom is 0.117 e. The third kappa shape index (κ3) is 3.95. The first-order valence-corrected chi connectivity index (χ1v) is 3.29. The van der Waals surface area contributed by atoms with E-state index in [4.69, 9.17) is 16.4 Å². The van der Waals surface area contributed by atoms with Crippen LogP contribution < -0.4 is 0 Å². The molecule has 0 aromatic carbocycles. The van der Waals surface area contributed by atoms with Gasteiger partial charge < -0.3 is 4.74 Å². The minimum absolute atomic E-state index is 0.117. The van der Waals surface area contributed by atoms with Gasteiger partial charge in [0.25, 0.3) is 0 Å². The molecule has 0 fully saturated rings. The molecule has 1 atom stereocenters. The second-order valence-electron chi connectivity index (χ2n) is 1.84. The standard InChI is InChI=1S/C8H11NO/c1-3-8(4-2)10-7-5-6-9/h1,8H,4-5,7H2,2H3. The Balaban J connectivity index is 3.30. The van der Waals surface area contributed by atoms with Crippen molar-refractivity contribution in [1.29, 1.82) is 5.26 Å². The number of terminal acetylenes is 1. The van der Waals surface area contributed by atoms with Gasteiger partial charge in [-0.25, -0.2) is 0 Å². The summed E-state index contributed by atoms with van der Waals surface area (Å²) in [6.07, 6.45) is 6.21. The summed E-state index contributed by atoms with van der Waals surface area (Å²) < 4.78 is 5.12. The van der Waals surface area contributed by atoms with Crippen LogP contribution in [0.15, 0.2) is 0 Å². The molecule has 0 saturated carbocycles. The first-order valence-electron chi connectivity index (χ1n) is 3.29. The topological polar surface area (TPSA) is 33.0 Å². The van der Waals surface area contributed by atoms with Crippen LogP contribution in [0, 0.1) is 23.7 Å². The number of hydrogen-bond acceptors (Lipinski definition) is 2. The van der Waals surface area contributed by atoms with Crippen LogP contribution in [0.1, 0.15) is 19.8 Å². The first-order chi connectivity index (χ1) is 4.85. The van der Waals surface area contributed by atoms with Crippen LogP contribution >= 0.6 is 0 Å². The highest BCUT2D eigenvalue weighted by Gasteiger charge is 1.98. The second kappa shape index (κ2) is 6.13. The van der Waals surface area contributed by atoms with E-state index in [1.165, 1.54) is 0 Å². The van der Waals surface area contributed by atoms with Crippen molar-refractivity contribution in [2.24, 2.45) is 0 Å². The molecule has 0 saturated heterocycles. The monoisotopic (exact) mass is 137 g/mol. The summed E-state index contributed by atoms with van der Waals surface area (Å²) in [7, 11) is 0. The third-order valence-corrected chi connectivity index (χ3v) is 1.09. The van der Waals surface area contributed by atoms with Gasteiger partial charge in [0.2, 0.25) is 0 Å². The lowest BCUT2D eigenvalue weighted by atomic mass is 10.3. The van der Waals surface area contributed by atoms with Crippen LogP contribution in [0.4, 0.5) is 0 Å². The van der Waals surface area contributed by atoms with Crippen LogP contribution in [0.3, 0.4) is 0 Å². The van der Waals surface area contributed by atoms with E-state index in [1.54, 1.807) is 0 Å². The van der Waals surface area contributed by atoms with Crippen LogP contribution in [0.25, 0.3) is 0 Å². The summed E-state index contributed by atoms with van der Waals surface area (Å²) in [6.45, 7) is 2.40. The van der Waals surface area contributed by atoms with Crippen LogP contribution in [-0.4, -0.2) is 12.7 Å². The van der Waals surface area contributed by atoms with Crippen molar-refractivity contribution in [1.82, 2.24) is 0 Å². The largest absolute Gasteiger partial charge is 0.364 e. The predicted molar refractivity (Wildman–Crippen MR) is 39.1 cm³/mol. The molecule has 0 bridgehead atoms. The Morgan fingerprint density at radius 1 is 1.70 bits per heavy atom. The first kappa shape index (κ1) is 9.01. The average Bonchev–Trinajstić information content (AvgIpc) is 1.99. The molecule has 0 aromatic rings. The lowest BCUT2D eigenvalue weighted by Crippen LogP contribution is -2.09. The summed E-state index contributed by atoms with van der Waals surface area (Å²) in [5, 5.41) is 8.14. The van der Waals surface area contributed by atoms with Gasteiger partial charge >= 0.3 is 0 Å². The molecular formula is C8H11NO. The molecule has 0 aliphatic heterocycles. The van der Waals surface area contributed by atoms with Gasteiger partial charge in [-0.3, -0.25) is 0 Å². The molecule has 2 heteroatoms. The zero-order chi connectivity index (χ0) is 7.82. The van der Waals surface area contributed by atoms with Gasteiger partial charge in [-0.15, -0.1) is 6.42 Å². The van der Waals surface area contributed by atoms with Crippen molar-refractivity contribution in [3.63, 3.8) is 0 Å². The summed E-state index contributed by atoms with van der Waals surface area (Å²) in [6, 6.07) is 1.98. The highest BCUT2D eigenvalue weighted by Crippen LogP contribution is 1.95.